The molecule has 0 aliphatic carbocycles. The smallest absolute Gasteiger partial charge is 0.246 e. The number of H-pyrrole nitrogens is 1. The predicted octanol–water partition coefficient (Wildman–Crippen LogP) is 0.886. The minimum absolute atomic E-state index is 0.0106. The Kier molecular flexibility index (Phi) is 4.99. The number of likely N-dealkylation sites (tertiary alicyclic amines) is 1. The molecule has 3 heterocycles. The lowest BCUT2D eigenvalue weighted by molar-refractivity contribution is -0.206. The van der Waals surface area contributed by atoms with Gasteiger partial charge >= 0.3 is 0 Å². The van der Waals surface area contributed by atoms with Gasteiger partial charge in [-0.15, -0.1) is 0 Å². The Morgan fingerprint density at radius 2 is 2.20 bits per heavy atom. The zero-order valence-corrected chi connectivity index (χ0v) is 15.2. The van der Waals surface area contributed by atoms with E-state index < -0.39 is 5.60 Å². The second-order valence-corrected chi connectivity index (χ2v) is 7.68. The number of nitrogens with zero attached hydrogens (tertiary/aromatic N) is 3. The third kappa shape index (κ3) is 3.94. The lowest BCUT2D eigenvalue weighted by atomic mass is 9.77. The summed E-state index contributed by atoms with van der Waals surface area (Å²) in [6.45, 7) is 3.52. The summed E-state index contributed by atoms with van der Waals surface area (Å²) >= 11 is 0. The standard InChI is InChI=1S/C18H28N4O3/c1-17(24)12-25-18(10-15(17)21(2)3)6-8-22(9-7-18)16(23)5-4-14-11-19-13-20-14/h4-5,11,13,15,24H,6-10,12H2,1-3H3,(H,19,20)/b5-4+/t15-,17-/m0/s1. The molecule has 138 valence electrons. The van der Waals surface area contributed by atoms with Gasteiger partial charge in [-0.2, -0.15) is 0 Å². The van der Waals surface area contributed by atoms with Crippen LogP contribution in [0.1, 0.15) is 31.9 Å². The van der Waals surface area contributed by atoms with E-state index in [2.05, 4.69) is 14.9 Å². The summed E-state index contributed by atoms with van der Waals surface area (Å²) in [7, 11) is 3.99. The maximum Gasteiger partial charge on any atom is 0.246 e. The highest BCUT2D eigenvalue weighted by Crippen LogP contribution is 2.39. The number of hydrogen-bond donors (Lipinski definition) is 2. The maximum atomic E-state index is 12.4. The maximum absolute atomic E-state index is 12.4. The average molecular weight is 348 g/mol. The van der Waals surface area contributed by atoms with Crippen LogP contribution in [-0.4, -0.2) is 81.8 Å². The number of piperidine rings is 1. The van der Waals surface area contributed by atoms with Crippen LogP contribution >= 0.6 is 0 Å². The molecule has 0 bridgehead atoms. The predicted molar refractivity (Wildman–Crippen MR) is 94.8 cm³/mol. The van der Waals surface area contributed by atoms with Crippen molar-refractivity contribution in [1.29, 1.82) is 0 Å². The van der Waals surface area contributed by atoms with Gasteiger partial charge in [-0.3, -0.25) is 4.79 Å². The number of aliphatic hydroxyl groups is 1. The number of nitrogens with one attached hydrogen (secondary N) is 1. The van der Waals surface area contributed by atoms with Crippen molar-refractivity contribution in [3.05, 3.63) is 24.3 Å². The third-order valence-electron chi connectivity index (χ3n) is 5.49. The Labute approximate surface area is 148 Å². The SMILES string of the molecule is CN(C)[C@H]1CC2(CCN(C(=O)/C=C/c3cnc[nH]3)CC2)OC[C@]1(C)O. The molecule has 1 aromatic heterocycles. The van der Waals surface area contributed by atoms with E-state index in [1.165, 1.54) is 0 Å². The molecule has 2 atom stereocenters. The molecule has 2 aliphatic heterocycles. The number of aromatic amines is 1. The quantitative estimate of drug-likeness (QED) is 0.793. The Hall–Kier alpha value is -1.70. The van der Waals surface area contributed by atoms with Crippen LogP contribution in [0.4, 0.5) is 0 Å². The first kappa shape index (κ1) is 18.1. The number of aromatic nitrogens is 2. The van der Waals surface area contributed by atoms with E-state index in [1.807, 2.05) is 25.9 Å². The van der Waals surface area contributed by atoms with Gasteiger partial charge in [-0.25, -0.2) is 4.98 Å². The van der Waals surface area contributed by atoms with Crippen molar-refractivity contribution in [3.63, 3.8) is 0 Å². The molecular weight excluding hydrogens is 320 g/mol. The average Bonchev–Trinajstić information content (AvgIpc) is 3.09. The topological polar surface area (TPSA) is 81.7 Å². The Balaban J connectivity index is 1.59. The molecule has 0 aromatic carbocycles. The molecule has 2 saturated heterocycles. The number of amides is 1. The van der Waals surface area contributed by atoms with Crippen molar-refractivity contribution in [2.75, 3.05) is 33.8 Å². The number of rotatable bonds is 3. The van der Waals surface area contributed by atoms with Crippen molar-refractivity contribution in [2.45, 2.75) is 43.4 Å². The van der Waals surface area contributed by atoms with E-state index in [-0.39, 0.29) is 17.6 Å². The highest BCUT2D eigenvalue weighted by molar-refractivity contribution is 5.91. The molecule has 2 fully saturated rings. The van der Waals surface area contributed by atoms with Gasteiger partial charge in [-0.1, -0.05) is 0 Å². The number of hydrogen-bond acceptors (Lipinski definition) is 5. The minimum Gasteiger partial charge on any atom is -0.386 e. The van der Waals surface area contributed by atoms with Crippen LogP contribution < -0.4 is 0 Å². The molecule has 1 spiro atoms. The molecule has 0 saturated carbocycles. The Bertz CT molecular complexity index is 616. The van der Waals surface area contributed by atoms with Crippen LogP contribution in [0.2, 0.25) is 0 Å². The number of ether oxygens (including phenoxy) is 1. The molecule has 7 nitrogen and oxygen atoms in total. The lowest BCUT2D eigenvalue weighted by Gasteiger charge is -2.52. The first-order chi connectivity index (χ1) is 11.8. The summed E-state index contributed by atoms with van der Waals surface area (Å²) in [5, 5.41) is 10.6. The number of carbonyl (C=O) groups excluding carboxylic acids is 1. The highest BCUT2D eigenvalue weighted by Gasteiger charge is 2.49. The largest absolute Gasteiger partial charge is 0.386 e. The van der Waals surface area contributed by atoms with Crippen molar-refractivity contribution < 1.29 is 14.6 Å². The number of imidazole rings is 1. The molecular formula is C18H28N4O3. The van der Waals surface area contributed by atoms with Gasteiger partial charge in [0, 0.05) is 25.2 Å². The van der Waals surface area contributed by atoms with Gasteiger partial charge in [0.1, 0.15) is 5.60 Å². The van der Waals surface area contributed by atoms with Gasteiger partial charge in [-0.05, 0) is 46.4 Å². The van der Waals surface area contributed by atoms with Gasteiger partial charge < -0.3 is 24.6 Å². The molecule has 3 rings (SSSR count). The molecule has 2 aliphatic rings. The highest BCUT2D eigenvalue weighted by atomic mass is 16.5. The summed E-state index contributed by atoms with van der Waals surface area (Å²) in [6.07, 6.45) is 8.99. The molecule has 7 heteroatoms. The Morgan fingerprint density at radius 1 is 1.48 bits per heavy atom. The van der Waals surface area contributed by atoms with Crippen molar-refractivity contribution in [3.8, 4) is 0 Å². The van der Waals surface area contributed by atoms with Gasteiger partial charge in [0.25, 0.3) is 0 Å². The number of carbonyl (C=O) groups is 1. The zero-order chi connectivity index (χ0) is 18.1. The summed E-state index contributed by atoms with van der Waals surface area (Å²) in [4.78, 5) is 23.2. The first-order valence-corrected chi connectivity index (χ1v) is 8.79. The fourth-order valence-corrected chi connectivity index (χ4v) is 3.87. The molecule has 2 N–H and O–H groups in total. The van der Waals surface area contributed by atoms with Crippen LogP contribution in [0.25, 0.3) is 6.08 Å². The van der Waals surface area contributed by atoms with Gasteiger partial charge in [0.2, 0.25) is 5.91 Å². The molecule has 25 heavy (non-hydrogen) atoms. The van der Waals surface area contributed by atoms with Crippen molar-refractivity contribution >= 4 is 12.0 Å². The second kappa shape index (κ2) is 6.90. The fourth-order valence-electron chi connectivity index (χ4n) is 3.87. The molecule has 1 aromatic rings. The lowest BCUT2D eigenvalue weighted by Crippen LogP contribution is -2.62. The van der Waals surface area contributed by atoms with E-state index in [0.717, 1.165) is 25.0 Å². The summed E-state index contributed by atoms with van der Waals surface area (Å²) in [6, 6.07) is 0.0591. The Morgan fingerprint density at radius 3 is 2.80 bits per heavy atom. The van der Waals surface area contributed by atoms with Gasteiger partial charge in [0.05, 0.1) is 30.4 Å². The summed E-state index contributed by atoms with van der Waals surface area (Å²) in [5.41, 5.74) is -0.260. The zero-order valence-electron chi connectivity index (χ0n) is 15.2. The monoisotopic (exact) mass is 348 g/mol. The third-order valence-corrected chi connectivity index (χ3v) is 5.49. The van der Waals surface area contributed by atoms with E-state index in [0.29, 0.717) is 19.7 Å². The van der Waals surface area contributed by atoms with Crippen LogP contribution in [0.5, 0.6) is 0 Å². The van der Waals surface area contributed by atoms with Crippen molar-refractivity contribution in [2.24, 2.45) is 0 Å². The van der Waals surface area contributed by atoms with E-state index in [9.17, 15) is 9.90 Å². The second-order valence-electron chi connectivity index (χ2n) is 7.68. The van der Waals surface area contributed by atoms with Crippen LogP contribution in [0, 0.1) is 0 Å². The van der Waals surface area contributed by atoms with E-state index in [4.69, 9.17) is 4.74 Å². The van der Waals surface area contributed by atoms with Crippen LogP contribution in [0.3, 0.4) is 0 Å². The first-order valence-electron chi connectivity index (χ1n) is 8.79. The van der Waals surface area contributed by atoms with E-state index >= 15 is 0 Å². The fraction of sp³-hybridized carbons (Fsp3) is 0.667. The summed E-state index contributed by atoms with van der Waals surface area (Å²) < 4.78 is 6.10. The van der Waals surface area contributed by atoms with E-state index in [1.54, 1.807) is 24.7 Å². The molecule has 0 unspecified atom stereocenters. The molecule has 1 amide bonds. The van der Waals surface area contributed by atoms with Crippen LogP contribution in [-0.2, 0) is 9.53 Å². The molecule has 0 radical (unpaired) electrons. The van der Waals surface area contributed by atoms with Gasteiger partial charge in [0.15, 0.2) is 0 Å². The van der Waals surface area contributed by atoms with Crippen molar-refractivity contribution in [1.82, 2.24) is 19.8 Å². The summed E-state index contributed by atoms with van der Waals surface area (Å²) in [5.74, 6) is 0.0106. The number of likely N-dealkylation sites (N-methyl/N-ethyl adjacent to an activating group) is 1. The normalized spacial score (nSPS) is 29.6. The minimum atomic E-state index is -0.839. The van der Waals surface area contributed by atoms with Crippen LogP contribution in [0.15, 0.2) is 18.6 Å².